The van der Waals surface area contributed by atoms with Crippen molar-refractivity contribution in [3.63, 3.8) is 0 Å². The first-order valence-electron chi connectivity index (χ1n) is 8.23. The average Bonchev–Trinajstić information content (AvgIpc) is 2.46. The number of aryl methyl sites for hydroxylation is 2. The standard InChI is InChI=1S/C19H28O2/c1-13-10-14-6-7-17-18(2,12-20)8-5-9-19(17,3)15(14)11-16(13)21-4/h10-11,17,20H,5-9,12H2,1-4H3/t17-,18+,19+/m0/s1. The number of fused-ring (bicyclic) bond motifs is 3. The minimum atomic E-state index is 0.0722. The second kappa shape index (κ2) is 5.01. The summed E-state index contributed by atoms with van der Waals surface area (Å²) in [6, 6.07) is 4.60. The number of rotatable bonds is 2. The van der Waals surface area contributed by atoms with Crippen molar-refractivity contribution in [1.82, 2.24) is 0 Å². The van der Waals surface area contributed by atoms with E-state index in [-0.39, 0.29) is 10.8 Å². The molecule has 2 aliphatic carbocycles. The lowest BCUT2D eigenvalue weighted by molar-refractivity contribution is -0.0179. The predicted octanol–water partition coefficient (Wildman–Crippen LogP) is 4.01. The molecule has 0 heterocycles. The minimum Gasteiger partial charge on any atom is -0.496 e. The third-order valence-electron chi connectivity index (χ3n) is 6.35. The number of aliphatic hydroxyl groups is 1. The van der Waals surface area contributed by atoms with E-state index in [9.17, 15) is 5.11 Å². The van der Waals surface area contributed by atoms with Crippen molar-refractivity contribution in [2.75, 3.05) is 13.7 Å². The Morgan fingerprint density at radius 3 is 2.71 bits per heavy atom. The monoisotopic (exact) mass is 288 g/mol. The Balaban J connectivity index is 2.12. The zero-order chi connectivity index (χ0) is 15.3. The highest BCUT2D eigenvalue weighted by atomic mass is 16.5. The Hall–Kier alpha value is -1.02. The Bertz CT molecular complexity index is 551. The van der Waals surface area contributed by atoms with Gasteiger partial charge in [-0.2, -0.15) is 0 Å². The molecule has 2 aliphatic rings. The molecular formula is C19H28O2. The van der Waals surface area contributed by atoms with Crippen LogP contribution in [0.2, 0.25) is 0 Å². The van der Waals surface area contributed by atoms with Gasteiger partial charge >= 0.3 is 0 Å². The van der Waals surface area contributed by atoms with Crippen LogP contribution in [0.5, 0.6) is 5.75 Å². The molecule has 1 fully saturated rings. The quantitative estimate of drug-likeness (QED) is 0.891. The summed E-state index contributed by atoms with van der Waals surface area (Å²) in [5, 5.41) is 9.97. The lowest BCUT2D eigenvalue weighted by Gasteiger charge is -2.55. The van der Waals surface area contributed by atoms with Gasteiger partial charge in [0.1, 0.15) is 5.75 Å². The van der Waals surface area contributed by atoms with E-state index in [0.717, 1.165) is 18.6 Å². The molecule has 3 atom stereocenters. The topological polar surface area (TPSA) is 29.5 Å². The third kappa shape index (κ3) is 2.11. The average molecular weight is 288 g/mol. The van der Waals surface area contributed by atoms with Crippen LogP contribution in [0.1, 0.15) is 56.2 Å². The van der Waals surface area contributed by atoms with E-state index < -0.39 is 0 Å². The zero-order valence-corrected chi connectivity index (χ0v) is 13.8. The molecule has 0 bridgehead atoms. The smallest absolute Gasteiger partial charge is 0.122 e. The van der Waals surface area contributed by atoms with Gasteiger partial charge in [0, 0.05) is 6.61 Å². The van der Waals surface area contributed by atoms with Gasteiger partial charge in [-0.3, -0.25) is 0 Å². The fourth-order valence-electron chi connectivity index (χ4n) is 5.16. The SMILES string of the molecule is COc1cc2c(cc1C)CC[C@H]1[C@@](C)(CO)CCC[C@]21C. The molecule has 0 saturated heterocycles. The lowest BCUT2D eigenvalue weighted by Crippen LogP contribution is -2.50. The van der Waals surface area contributed by atoms with Gasteiger partial charge in [-0.05, 0) is 72.1 Å². The summed E-state index contributed by atoms with van der Waals surface area (Å²) in [5.41, 5.74) is 4.46. The van der Waals surface area contributed by atoms with Gasteiger partial charge in [-0.25, -0.2) is 0 Å². The number of ether oxygens (including phenoxy) is 1. The Morgan fingerprint density at radius 1 is 1.29 bits per heavy atom. The van der Waals surface area contributed by atoms with Crippen LogP contribution in [0, 0.1) is 18.3 Å². The first kappa shape index (κ1) is 14.9. The summed E-state index contributed by atoms with van der Waals surface area (Å²) in [5.74, 6) is 1.58. The molecule has 0 radical (unpaired) electrons. The van der Waals surface area contributed by atoms with Crippen molar-refractivity contribution >= 4 is 0 Å². The van der Waals surface area contributed by atoms with Crippen LogP contribution in [0.3, 0.4) is 0 Å². The van der Waals surface area contributed by atoms with Crippen molar-refractivity contribution in [1.29, 1.82) is 0 Å². The molecule has 2 nitrogen and oxygen atoms in total. The fourth-order valence-corrected chi connectivity index (χ4v) is 5.16. The summed E-state index contributed by atoms with van der Waals surface area (Å²) in [6.07, 6.45) is 5.93. The molecule has 0 unspecified atom stereocenters. The van der Waals surface area contributed by atoms with Gasteiger partial charge in [0.25, 0.3) is 0 Å². The van der Waals surface area contributed by atoms with Gasteiger partial charge in [-0.1, -0.05) is 26.3 Å². The van der Waals surface area contributed by atoms with Gasteiger partial charge in [0.05, 0.1) is 7.11 Å². The van der Waals surface area contributed by atoms with E-state index in [1.54, 1.807) is 7.11 Å². The van der Waals surface area contributed by atoms with Gasteiger partial charge in [-0.15, -0.1) is 0 Å². The molecule has 0 aromatic heterocycles. The number of hydrogen-bond donors (Lipinski definition) is 1. The van der Waals surface area contributed by atoms with Crippen LogP contribution >= 0.6 is 0 Å². The molecule has 1 aromatic rings. The van der Waals surface area contributed by atoms with Crippen LogP contribution in [-0.4, -0.2) is 18.8 Å². The highest BCUT2D eigenvalue weighted by molar-refractivity contribution is 5.47. The first-order valence-corrected chi connectivity index (χ1v) is 8.23. The van der Waals surface area contributed by atoms with Crippen molar-refractivity contribution in [3.8, 4) is 5.75 Å². The summed E-state index contributed by atoms with van der Waals surface area (Å²) >= 11 is 0. The van der Waals surface area contributed by atoms with Crippen LogP contribution < -0.4 is 4.74 Å². The number of benzene rings is 1. The molecule has 0 amide bonds. The van der Waals surface area contributed by atoms with Crippen LogP contribution in [0.4, 0.5) is 0 Å². The van der Waals surface area contributed by atoms with Gasteiger partial charge in [0.2, 0.25) is 0 Å². The molecular weight excluding hydrogens is 260 g/mol. The second-order valence-corrected chi connectivity index (χ2v) is 7.65. The summed E-state index contributed by atoms with van der Waals surface area (Å²) < 4.78 is 5.56. The molecule has 1 aromatic carbocycles. The van der Waals surface area contributed by atoms with Crippen LogP contribution in [0.15, 0.2) is 12.1 Å². The van der Waals surface area contributed by atoms with Gasteiger partial charge < -0.3 is 9.84 Å². The van der Waals surface area contributed by atoms with E-state index in [1.165, 1.54) is 36.0 Å². The second-order valence-electron chi connectivity index (χ2n) is 7.65. The Morgan fingerprint density at radius 2 is 2.05 bits per heavy atom. The Labute approximate surface area is 128 Å². The molecule has 0 spiro atoms. The fraction of sp³-hybridized carbons (Fsp3) is 0.684. The Kier molecular flexibility index (Phi) is 3.56. The van der Waals surface area contributed by atoms with E-state index in [0.29, 0.717) is 12.5 Å². The summed E-state index contributed by atoms with van der Waals surface area (Å²) in [6.45, 7) is 7.14. The van der Waals surface area contributed by atoms with Crippen LogP contribution in [-0.2, 0) is 11.8 Å². The highest BCUT2D eigenvalue weighted by Crippen LogP contribution is 2.57. The maximum atomic E-state index is 9.97. The van der Waals surface area contributed by atoms with E-state index in [2.05, 4.69) is 32.9 Å². The molecule has 116 valence electrons. The number of aliphatic hydroxyl groups excluding tert-OH is 1. The minimum absolute atomic E-state index is 0.0722. The molecule has 0 aliphatic heterocycles. The van der Waals surface area contributed by atoms with Gasteiger partial charge in [0.15, 0.2) is 0 Å². The molecule has 1 saturated carbocycles. The molecule has 1 N–H and O–H groups in total. The van der Waals surface area contributed by atoms with Crippen molar-refractivity contribution in [3.05, 3.63) is 28.8 Å². The van der Waals surface area contributed by atoms with E-state index in [4.69, 9.17) is 4.74 Å². The maximum absolute atomic E-state index is 9.97. The first-order chi connectivity index (χ1) is 9.94. The largest absolute Gasteiger partial charge is 0.496 e. The van der Waals surface area contributed by atoms with E-state index >= 15 is 0 Å². The van der Waals surface area contributed by atoms with E-state index in [1.807, 2.05) is 0 Å². The normalized spacial score (nSPS) is 35.0. The summed E-state index contributed by atoms with van der Waals surface area (Å²) in [4.78, 5) is 0. The van der Waals surface area contributed by atoms with Crippen molar-refractivity contribution in [2.24, 2.45) is 11.3 Å². The summed E-state index contributed by atoms with van der Waals surface area (Å²) in [7, 11) is 1.76. The lowest BCUT2D eigenvalue weighted by atomic mass is 9.50. The number of methoxy groups -OCH3 is 1. The molecule has 21 heavy (non-hydrogen) atoms. The predicted molar refractivity (Wildman–Crippen MR) is 85.9 cm³/mol. The molecule has 3 rings (SSSR count). The zero-order valence-electron chi connectivity index (χ0n) is 13.8. The maximum Gasteiger partial charge on any atom is 0.122 e. The number of hydrogen-bond acceptors (Lipinski definition) is 2. The highest BCUT2D eigenvalue weighted by Gasteiger charge is 2.51. The molecule has 2 heteroatoms. The third-order valence-corrected chi connectivity index (χ3v) is 6.35. The van der Waals surface area contributed by atoms with Crippen molar-refractivity contribution in [2.45, 2.75) is 58.3 Å². The van der Waals surface area contributed by atoms with Crippen molar-refractivity contribution < 1.29 is 9.84 Å². The van der Waals surface area contributed by atoms with Crippen LogP contribution in [0.25, 0.3) is 0 Å².